The molecule has 0 radical (unpaired) electrons. The lowest BCUT2D eigenvalue weighted by Crippen LogP contribution is -2.67. The molecule has 0 unspecified atom stereocenters. The van der Waals surface area contributed by atoms with Crippen molar-refractivity contribution in [1.82, 2.24) is 9.88 Å². The summed E-state index contributed by atoms with van der Waals surface area (Å²) in [5.74, 6) is 0.139. The summed E-state index contributed by atoms with van der Waals surface area (Å²) >= 11 is 0. The second-order valence-corrected chi connectivity index (χ2v) is 7.10. The molecule has 7 heteroatoms. The first-order valence-corrected chi connectivity index (χ1v) is 9.30. The van der Waals surface area contributed by atoms with E-state index in [0.717, 1.165) is 5.56 Å². The predicted octanol–water partition coefficient (Wildman–Crippen LogP) is 1.83. The number of likely N-dealkylation sites (N-methyl/N-ethyl adjacent to an activating group) is 1. The van der Waals surface area contributed by atoms with E-state index >= 15 is 0 Å². The number of piperidine rings is 1. The fourth-order valence-electron chi connectivity index (χ4n) is 4.34. The van der Waals surface area contributed by atoms with Gasteiger partial charge in [-0.05, 0) is 24.1 Å². The molecule has 0 spiro atoms. The predicted molar refractivity (Wildman–Crippen MR) is 103 cm³/mol. The van der Waals surface area contributed by atoms with E-state index in [4.69, 9.17) is 9.47 Å². The third-order valence-electron chi connectivity index (χ3n) is 5.83. The van der Waals surface area contributed by atoms with Gasteiger partial charge in [0.05, 0.1) is 12.6 Å². The third-order valence-corrected chi connectivity index (χ3v) is 5.83. The van der Waals surface area contributed by atoms with Crippen molar-refractivity contribution >= 4 is 17.7 Å². The molecule has 1 amide bonds. The summed E-state index contributed by atoms with van der Waals surface area (Å²) in [4.78, 5) is 32.9. The lowest BCUT2D eigenvalue weighted by molar-refractivity contribution is -0.173. The summed E-state index contributed by atoms with van der Waals surface area (Å²) in [7, 11) is 3.21. The van der Waals surface area contributed by atoms with Crippen molar-refractivity contribution in [3.63, 3.8) is 0 Å². The van der Waals surface area contributed by atoms with E-state index in [1.165, 1.54) is 7.11 Å². The zero-order valence-electron chi connectivity index (χ0n) is 16.0. The number of aromatic nitrogens is 1. The number of rotatable bonds is 3. The van der Waals surface area contributed by atoms with Gasteiger partial charge in [-0.25, -0.2) is 9.78 Å². The molecule has 0 bridgehead atoms. The van der Waals surface area contributed by atoms with Crippen LogP contribution >= 0.6 is 0 Å². The highest BCUT2D eigenvalue weighted by molar-refractivity contribution is 5.94. The SMILES string of the molecule is COC(=O)c1cccnc1N1CC[C@]2(c3ccccc3)[C@@H](C1)OCC(=O)N2C. The highest BCUT2D eigenvalue weighted by Gasteiger charge is 2.53. The number of carbonyl (C=O) groups excluding carboxylic acids is 2. The summed E-state index contributed by atoms with van der Waals surface area (Å²) in [6.45, 7) is 1.20. The molecule has 2 aliphatic rings. The minimum Gasteiger partial charge on any atom is -0.465 e. The van der Waals surface area contributed by atoms with E-state index in [1.807, 2.05) is 47.2 Å². The molecule has 7 nitrogen and oxygen atoms in total. The van der Waals surface area contributed by atoms with Crippen LogP contribution in [0.15, 0.2) is 48.7 Å². The van der Waals surface area contributed by atoms with Crippen LogP contribution in [0.5, 0.6) is 0 Å². The molecule has 0 aliphatic carbocycles. The van der Waals surface area contributed by atoms with Gasteiger partial charge >= 0.3 is 5.97 Å². The number of esters is 1. The molecular weight excluding hydrogens is 358 g/mol. The van der Waals surface area contributed by atoms with Crippen molar-refractivity contribution in [1.29, 1.82) is 0 Å². The number of pyridine rings is 1. The summed E-state index contributed by atoms with van der Waals surface area (Å²) in [5, 5.41) is 0. The van der Waals surface area contributed by atoms with Crippen molar-refractivity contribution in [2.45, 2.75) is 18.1 Å². The maximum atomic E-state index is 12.5. The quantitative estimate of drug-likeness (QED) is 0.756. The Bertz CT molecular complexity index is 888. The van der Waals surface area contributed by atoms with Crippen LogP contribution in [0.2, 0.25) is 0 Å². The van der Waals surface area contributed by atoms with Crippen molar-refractivity contribution in [2.75, 3.05) is 38.8 Å². The van der Waals surface area contributed by atoms with Gasteiger partial charge in [0.2, 0.25) is 5.91 Å². The molecule has 2 atom stereocenters. The van der Waals surface area contributed by atoms with Crippen molar-refractivity contribution < 1.29 is 19.1 Å². The van der Waals surface area contributed by atoms with Crippen molar-refractivity contribution in [3.05, 3.63) is 59.8 Å². The summed E-state index contributed by atoms with van der Waals surface area (Å²) < 4.78 is 10.9. The number of hydrogen-bond acceptors (Lipinski definition) is 6. The summed E-state index contributed by atoms with van der Waals surface area (Å²) in [6, 6.07) is 13.4. The molecule has 2 aromatic rings. The monoisotopic (exact) mass is 381 g/mol. The van der Waals surface area contributed by atoms with Gasteiger partial charge in [0.1, 0.15) is 24.1 Å². The number of methoxy groups -OCH3 is 1. The van der Waals surface area contributed by atoms with Gasteiger partial charge < -0.3 is 19.3 Å². The van der Waals surface area contributed by atoms with E-state index in [9.17, 15) is 9.59 Å². The average Bonchev–Trinajstić information content (AvgIpc) is 2.76. The van der Waals surface area contributed by atoms with E-state index in [0.29, 0.717) is 30.9 Å². The molecule has 0 saturated carbocycles. The highest BCUT2D eigenvalue weighted by Crippen LogP contribution is 2.43. The van der Waals surface area contributed by atoms with Crippen LogP contribution in [-0.2, 0) is 19.8 Å². The first-order chi connectivity index (χ1) is 13.6. The molecule has 1 aromatic carbocycles. The summed E-state index contributed by atoms with van der Waals surface area (Å²) in [6.07, 6.45) is 2.10. The lowest BCUT2D eigenvalue weighted by Gasteiger charge is -2.55. The number of nitrogens with zero attached hydrogens (tertiary/aromatic N) is 3. The molecule has 2 saturated heterocycles. The lowest BCUT2D eigenvalue weighted by atomic mass is 9.76. The highest BCUT2D eigenvalue weighted by atomic mass is 16.5. The standard InChI is InChI=1S/C21H23N3O4/c1-23-18(25)14-28-17-13-24(19-16(20(26)27-2)9-6-11-22-19)12-10-21(17,23)15-7-4-3-5-8-15/h3-9,11,17H,10,12-14H2,1-2H3/t17-,21+/m1/s1. The number of morpholine rings is 1. The number of anilines is 1. The first kappa shape index (κ1) is 18.4. The van der Waals surface area contributed by atoms with E-state index in [2.05, 4.69) is 4.98 Å². The van der Waals surface area contributed by atoms with Gasteiger partial charge in [-0.2, -0.15) is 0 Å². The van der Waals surface area contributed by atoms with Crippen LogP contribution in [0.1, 0.15) is 22.3 Å². The molecule has 28 heavy (non-hydrogen) atoms. The Hall–Kier alpha value is -2.93. The average molecular weight is 381 g/mol. The second-order valence-electron chi connectivity index (χ2n) is 7.10. The molecule has 2 aliphatic heterocycles. The molecule has 2 fully saturated rings. The number of carbonyl (C=O) groups is 2. The topological polar surface area (TPSA) is 72.0 Å². The Morgan fingerprint density at radius 1 is 1.25 bits per heavy atom. The third kappa shape index (κ3) is 2.82. The van der Waals surface area contributed by atoms with Gasteiger partial charge in [-0.1, -0.05) is 30.3 Å². The maximum Gasteiger partial charge on any atom is 0.341 e. The number of amides is 1. The number of hydrogen-bond donors (Lipinski definition) is 0. The summed E-state index contributed by atoms with van der Waals surface area (Å²) in [5.41, 5.74) is 0.953. The van der Waals surface area contributed by atoms with Crippen LogP contribution in [0.3, 0.4) is 0 Å². The van der Waals surface area contributed by atoms with Crippen LogP contribution in [0.25, 0.3) is 0 Å². The zero-order chi connectivity index (χ0) is 19.7. The van der Waals surface area contributed by atoms with Crippen LogP contribution < -0.4 is 4.90 Å². The molecular formula is C21H23N3O4. The van der Waals surface area contributed by atoms with Crippen LogP contribution in [0, 0.1) is 0 Å². The zero-order valence-corrected chi connectivity index (χ0v) is 16.0. The van der Waals surface area contributed by atoms with Crippen LogP contribution in [-0.4, -0.2) is 61.7 Å². The number of benzene rings is 1. The Labute approximate surface area is 163 Å². The normalized spacial score (nSPS) is 24.6. The van der Waals surface area contributed by atoms with E-state index < -0.39 is 11.5 Å². The number of ether oxygens (including phenoxy) is 2. The first-order valence-electron chi connectivity index (χ1n) is 9.30. The van der Waals surface area contributed by atoms with Gasteiger partial charge in [-0.15, -0.1) is 0 Å². The Morgan fingerprint density at radius 3 is 2.79 bits per heavy atom. The van der Waals surface area contributed by atoms with E-state index in [-0.39, 0.29) is 18.6 Å². The van der Waals surface area contributed by atoms with Gasteiger partial charge in [0.25, 0.3) is 0 Å². The van der Waals surface area contributed by atoms with Crippen molar-refractivity contribution in [2.24, 2.45) is 0 Å². The van der Waals surface area contributed by atoms with Gasteiger partial charge in [0, 0.05) is 26.3 Å². The molecule has 4 rings (SSSR count). The molecule has 146 valence electrons. The van der Waals surface area contributed by atoms with Crippen LogP contribution in [0.4, 0.5) is 5.82 Å². The Morgan fingerprint density at radius 2 is 2.04 bits per heavy atom. The fourth-order valence-corrected chi connectivity index (χ4v) is 4.34. The maximum absolute atomic E-state index is 12.5. The Balaban J connectivity index is 1.71. The number of fused-ring (bicyclic) bond motifs is 1. The fraction of sp³-hybridized carbons (Fsp3) is 0.381. The molecule has 1 aromatic heterocycles. The molecule has 3 heterocycles. The minimum absolute atomic E-state index is 0.0263. The largest absolute Gasteiger partial charge is 0.465 e. The van der Waals surface area contributed by atoms with Gasteiger partial charge in [-0.3, -0.25) is 4.79 Å². The minimum atomic E-state index is -0.534. The van der Waals surface area contributed by atoms with E-state index in [1.54, 1.807) is 18.3 Å². The molecule has 0 N–H and O–H groups in total. The smallest absolute Gasteiger partial charge is 0.341 e. The van der Waals surface area contributed by atoms with Gasteiger partial charge in [0.15, 0.2) is 0 Å². The second kappa shape index (κ2) is 7.24. The Kier molecular flexibility index (Phi) is 4.77. The van der Waals surface area contributed by atoms with Crippen molar-refractivity contribution in [3.8, 4) is 0 Å².